The molecule has 3 nitrogen and oxygen atoms in total. The Hall–Kier alpha value is -1.21. The molecule has 0 bridgehead atoms. The van der Waals surface area contributed by atoms with Crippen molar-refractivity contribution < 1.29 is 18.0 Å². The Morgan fingerprint density at radius 1 is 1.29 bits per heavy atom. The first-order valence-corrected chi connectivity index (χ1v) is 7.56. The number of carbonyl (C=O) groups excluding carboxylic acids is 1. The lowest BCUT2D eigenvalue weighted by Gasteiger charge is -2.24. The molecule has 1 fully saturated rings. The number of rotatable bonds is 4. The van der Waals surface area contributed by atoms with E-state index in [2.05, 4.69) is 5.32 Å². The molecular weight excluding hydrogens is 301 g/mol. The summed E-state index contributed by atoms with van der Waals surface area (Å²) < 4.78 is 37.8. The predicted octanol–water partition coefficient (Wildman–Crippen LogP) is 2.89. The molecule has 0 aliphatic carbocycles. The quantitative estimate of drug-likeness (QED) is 0.926. The average Bonchev–Trinajstić information content (AvgIpc) is 2.72. The molecule has 1 aliphatic heterocycles. The molecule has 1 aromatic carbocycles. The van der Waals surface area contributed by atoms with Gasteiger partial charge in [-0.2, -0.15) is 13.2 Å². The second kappa shape index (κ2) is 6.27. The molecule has 0 unspecified atom stereocenters. The van der Waals surface area contributed by atoms with Crippen LogP contribution in [0.1, 0.15) is 23.4 Å². The van der Waals surface area contributed by atoms with E-state index in [0.717, 1.165) is 17.7 Å². The number of alkyl halides is 3. The monoisotopic (exact) mass is 318 g/mol. The van der Waals surface area contributed by atoms with Crippen LogP contribution in [0, 0.1) is 0 Å². The molecule has 1 amide bonds. The second-order valence-corrected chi connectivity index (χ2v) is 6.31. The van der Waals surface area contributed by atoms with Crippen LogP contribution in [-0.2, 0) is 11.0 Å². The van der Waals surface area contributed by atoms with Crippen molar-refractivity contribution in [3.05, 3.63) is 35.4 Å². The highest BCUT2D eigenvalue weighted by Crippen LogP contribution is 2.43. The first-order valence-electron chi connectivity index (χ1n) is 6.62. The van der Waals surface area contributed by atoms with Crippen molar-refractivity contribution >= 4 is 17.7 Å². The fourth-order valence-electron chi connectivity index (χ4n) is 2.23. The zero-order chi connectivity index (χ0) is 15.6. The second-order valence-electron chi connectivity index (χ2n) is 4.89. The summed E-state index contributed by atoms with van der Waals surface area (Å²) in [4.78, 5) is 13.8. The van der Waals surface area contributed by atoms with Crippen LogP contribution < -0.4 is 5.32 Å². The van der Waals surface area contributed by atoms with Crippen molar-refractivity contribution in [2.75, 3.05) is 20.1 Å². The number of hydrogen-bond acceptors (Lipinski definition) is 3. The van der Waals surface area contributed by atoms with E-state index in [-0.39, 0.29) is 16.5 Å². The van der Waals surface area contributed by atoms with E-state index in [1.807, 2.05) is 6.92 Å². The molecule has 21 heavy (non-hydrogen) atoms. The van der Waals surface area contributed by atoms with Gasteiger partial charge in [0.05, 0.1) is 10.8 Å². The molecule has 2 rings (SSSR count). The van der Waals surface area contributed by atoms with Gasteiger partial charge in [-0.1, -0.05) is 12.1 Å². The fraction of sp³-hybridized carbons (Fsp3) is 0.500. The van der Waals surface area contributed by atoms with Crippen LogP contribution in [0.25, 0.3) is 0 Å². The van der Waals surface area contributed by atoms with Gasteiger partial charge >= 0.3 is 6.18 Å². The summed E-state index contributed by atoms with van der Waals surface area (Å²) in [7, 11) is 1.80. The highest BCUT2D eigenvalue weighted by atomic mass is 32.2. The Balaban J connectivity index is 2.21. The first-order chi connectivity index (χ1) is 9.84. The smallest absolute Gasteiger partial charge is 0.324 e. The summed E-state index contributed by atoms with van der Waals surface area (Å²) in [6.45, 7) is 3.01. The van der Waals surface area contributed by atoms with Gasteiger partial charge in [-0.05, 0) is 31.7 Å². The van der Waals surface area contributed by atoms with Crippen LogP contribution >= 0.6 is 11.8 Å². The minimum atomic E-state index is -4.34. The minimum Gasteiger partial charge on any atom is -0.324 e. The minimum absolute atomic E-state index is 0.0279. The number of amides is 1. The predicted molar refractivity (Wildman–Crippen MR) is 76.9 cm³/mol. The van der Waals surface area contributed by atoms with Crippen LogP contribution in [0.3, 0.4) is 0 Å². The third-order valence-corrected chi connectivity index (χ3v) is 4.77. The summed E-state index contributed by atoms with van der Waals surface area (Å²) in [5, 5.41) is 2.59. The Morgan fingerprint density at radius 3 is 2.43 bits per heavy atom. The molecule has 1 N–H and O–H groups in total. The molecule has 116 valence electrons. The zero-order valence-corrected chi connectivity index (χ0v) is 12.6. The van der Waals surface area contributed by atoms with Crippen LogP contribution in [0.4, 0.5) is 13.2 Å². The maximum atomic E-state index is 12.6. The number of likely N-dealkylation sites (N-methyl/N-ethyl adjacent to an activating group) is 1. The van der Waals surface area contributed by atoms with Crippen molar-refractivity contribution in [2.24, 2.45) is 0 Å². The summed E-state index contributed by atoms with van der Waals surface area (Å²) in [5.41, 5.74) is 0.0530. The highest BCUT2D eigenvalue weighted by molar-refractivity contribution is 8.01. The van der Waals surface area contributed by atoms with Crippen molar-refractivity contribution in [3.63, 3.8) is 0 Å². The molecular formula is C14H17F3N2OS. The molecule has 1 aliphatic rings. The summed E-state index contributed by atoms with van der Waals surface area (Å²) in [5.74, 6) is 0.0279. The summed E-state index contributed by atoms with van der Waals surface area (Å²) >= 11 is 1.47. The van der Waals surface area contributed by atoms with Gasteiger partial charge in [0.2, 0.25) is 5.91 Å². The molecule has 7 heteroatoms. The van der Waals surface area contributed by atoms with E-state index in [4.69, 9.17) is 0 Å². The van der Waals surface area contributed by atoms with Gasteiger partial charge in [-0.3, -0.25) is 4.79 Å². The SMILES string of the molecule is CNCCN1C(=O)[C@H](C)S[C@@H]1c1ccc(C(F)(F)F)cc1. The molecule has 0 aromatic heterocycles. The van der Waals surface area contributed by atoms with E-state index >= 15 is 0 Å². The largest absolute Gasteiger partial charge is 0.416 e. The number of thioether (sulfide) groups is 1. The fourth-order valence-corrected chi connectivity index (χ4v) is 3.54. The third kappa shape index (κ3) is 3.52. The van der Waals surface area contributed by atoms with Gasteiger partial charge in [0, 0.05) is 13.1 Å². The van der Waals surface area contributed by atoms with Crippen molar-refractivity contribution in [1.29, 1.82) is 0 Å². The Morgan fingerprint density at radius 2 is 1.90 bits per heavy atom. The lowest BCUT2D eigenvalue weighted by atomic mass is 10.1. The Kier molecular flexibility index (Phi) is 4.83. The lowest BCUT2D eigenvalue weighted by molar-refractivity contribution is -0.137. The van der Waals surface area contributed by atoms with E-state index in [1.54, 1.807) is 11.9 Å². The zero-order valence-electron chi connectivity index (χ0n) is 11.8. The number of carbonyl (C=O) groups is 1. The van der Waals surface area contributed by atoms with Gasteiger partial charge in [-0.15, -0.1) is 11.8 Å². The topological polar surface area (TPSA) is 32.3 Å². The number of nitrogens with zero attached hydrogens (tertiary/aromatic N) is 1. The van der Waals surface area contributed by atoms with E-state index in [9.17, 15) is 18.0 Å². The first kappa shape index (κ1) is 16.2. The molecule has 2 atom stereocenters. The van der Waals surface area contributed by atoms with Crippen molar-refractivity contribution in [2.45, 2.75) is 23.7 Å². The van der Waals surface area contributed by atoms with E-state index < -0.39 is 11.7 Å². The molecule has 0 spiro atoms. The molecule has 1 aromatic rings. The van der Waals surface area contributed by atoms with Crippen LogP contribution in [0.2, 0.25) is 0 Å². The van der Waals surface area contributed by atoms with Gasteiger partial charge in [0.1, 0.15) is 5.37 Å². The molecule has 0 saturated carbocycles. The summed E-state index contributed by atoms with van der Waals surface area (Å²) in [6, 6.07) is 5.05. The number of nitrogens with one attached hydrogen (secondary N) is 1. The average molecular weight is 318 g/mol. The Labute approximate surface area is 125 Å². The van der Waals surface area contributed by atoms with Gasteiger partial charge < -0.3 is 10.2 Å². The van der Waals surface area contributed by atoms with Crippen molar-refractivity contribution in [3.8, 4) is 0 Å². The number of hydrogen-bond donors (Lipinski definition) is 1. The number of benzene rings is 1. The van der Waals surface area contributed by atoms with Crippen molar-refractivity contribution in [1.82, 2.24) is 10.2 Å². The van der Waals surface area contributed by atoms with E-state index in [1.165, 1.54) is 23.9 Å². The van der Waals surface area contributed by atoms with Gasteiger partial charge in [0.15, 0.2) is 0 Å². The lowest BCUT2D eigenvalue weighted by Crippen LogP contribution is -2.35. The van der Waals surface area contributed by atoms with Gasteiger partial charge in [-0.25, -0.2) is 0 Å². The molecule has 1 saturated heterocycles. The summed E-state index contributed by atoms with van der Waals surface area (Å²) in [6.07, 6.45) is -4.34. The van der Waals surface area contributed by atoms with Crippen LogP contribution in [0.5, 0.6) is 0 Å². The molecule has 0 radical (unpaired) electrons. The standard InChI is InChI=1S/C14H17F3N2OS/c1-9-12(20)19(8-7-18-2)13(21-9)10-3-5-11(6-4-10)14(15,16)17/h3-6,9,13,18H,7-8H2,1-2H3/t9-,13+/m0/s1. The van der Waals surface area contributed by atoms with Crippen LogP contribution in [-0.4, -0.2) is 36.2 Å². The van der Waals surface area contributed by atoms with Gasteiger partial charge in [0.25, 0.3) is 0 Å². The normalized spacial score (nSPS) is 22.9. The molecule has 1 heterocycles. The maximum Gasteiger partial charge on any atom is 0.416 e. The third-order valence-electron chi connectivity index (χ3n) is 3.37. The highest BCUT2D eigenvalue weighted by Gasteiger charge is 2.38. The maximum absolute atomic E-state index is 12.6. The number of halogens is 3. The Bertz CT molecular complexity index is 504. The van der Waals surface area contributed by atoms with Crippen LogP contribution in [0.15, 0.2) is 24.3 Å². The van der Waals surface area contributed by atoms with E-state index in [0.29, 0.717) is 13.1 Å².